The minimum absolute atomic E-state index is 0.270. The maximum absolute atomic E-state index is 12.9. The van der Waals surface area contributed by atoms with E-state index in [1.165, 1.54) is 6.07 Å². The molecular weight excluding hydrogens is 225 g/mol. The molecule has 94 valence electrons. The maximum atomic E-state index is 12.9. The van der Waals surface area contributed by atoms with Crippen LogP contribution in [0.4, 0.5) is 4.39 Å². The van der Waals surface area contributed by atoms with Gasteiger partial charge >= 0.3 is 0 Å². The van der Waals surface area contributed by atoms with Crippen LogP contribution in [0.5, 0.6) is 5.88 Å². The molecule has 1 N–H and O–H groups in total. The Morgan fingerprint density at radius 3 is 2.94 bits per heavy atom. The first-order chi connectivity index (χ1) is 8.29. The largest absolute Gasteiger partial charge is 0.477 e. The molecule has 1 aliphatic heterocycles. The van der Waals surface area contributed by atoms with E-state index < -0.39 is 5.82 Å². The molecule has 0 radical (unpaired) electrons. The Balaban J connectivity index is 1.93. The van der Waals surface area contributed by atoms with Crippen LogP contribution in [0.15, 0.2) is 12.3 Å². The number of rotatable bonds is 4. The van der Waals surface area contributed by atoms with Crippen LogP contribution in [0.1, 0.15) is 18.4 Å². The molecule has 17 heavy (non-hydrogen) atoms. The highest BCUT2D eigenvalue weighted by atomic mass is 19.1. The number of halogens is 1. The van der Waals surface area contributed by atoms with Gasteiger partial charge in [0.15, 0.2) is 0 Å². The van der Waals surface area contributed by atoms with Crippen molar-refractivity contribution in [3.63, 3.8) is 0 Å². The monoisotopic (exact) mass is 241 g/mol. The molecule has 1 aliphatic rings. The summed E-state index contributed by atoms with van der Waals surface area (Å²) in [6.45, 7) is 1.79. The highest BCUT2D eigenvalue weighted by molar-refractivity contribution is 5.25. The molecule has 5 heteroatoms. The number of hydrogen-bond donors (Lipinski definition) is 1. The number of aliphatic hydroxyl groups excluding tert-OH is 1. The lowest BCUT2D eigenvalue weighted by molar-refractivity contribution is 0.0486. The van der Waals surface area contributed by atoms with Crippen molar-refractivity contribution in [2.24, 2.45) is 5.92 Å². The molecule has 2 rings (SSSR count). The minimum atomic E-state index is -0.465. The molecule has 0 amide bonds. The van der Waals surface area contributed by atoms with Crippen LogP contribution in [0.2, 0.25) is 0 Å². The van der Waals surface area contributed by atoms with Crippen molar-refractivity contribution in [3.05, 3.63) is 23.6 Å². The van der Waals surface area contributed by atoms with E-state index in [2.05, 4.69) is 4.98 Å². The minimum Gasteiger partial charge on any atom is -0.477 e. The number of pyridine rings is 1. The summed E-state index contributed by atoms with van der Waals surface area (Å²) in [5.41, 5.74) is 0.386. The molecule has 1 aromatic rings. The summed E-state index contributed by atoms with van der Waals surface area (Å²) in [5, 5.41) is 9.07. The van der Waals surface area contributed by atoms with Gasteiger partial charge in [0.25, 0.3) is 0 Å². The van der Waals surface area contributed by atoms with Gasteiger partial charge in [-0.05, 0) is 24.8 Å². The highest BCUT2D eigenvalue weighted by Gasteiger charge is 2.15. The lowest BCUT2D eigenvalue weighted by Gasteiger charge is -2.22. The Morgan fingerprint density at radius 2 is 2.24 bits per heavy atom. The molecule has 0 spiro atoms. The van der Waals surface area contributed by atoms with Gasteiger partial charge in [0.2, 0.25) is 5.88 Å². The van der Waals surface area contributed by atoms with Crippen molar-refractivity contribution >= 4 is 0 Å². The zero-order valence-corrected chi connectivity index (χ0v) is 9.56. The maximum Gasteiger partial charge on any atom is 0.219 e. The Kier molecular flexibility index (Phi) is 4.28. The quantitative estimate of drug-likeness (QED) is 0.868. The molecule has 2 heterocycles. The number of hydrogen-bond acceptors (Lipinski definition) is 4. The van der Waals surface area contributed by atoms with Gasteiger partial charge in [0, 0.05) is 18.8 Å². The van der Waals surface area contributed by atoms with Gasteiger partial charge < -0.3 is 14.6 Å². The summed E-state index contributed by atoms with van der Waals surface area (Å²) in [7, 11) is 0. The first-order valence-corrected chi connectivity index (χ1v) is 5.75. The van der Waals surface area contributed by atoms with Crippen molar-refractivity contribution in [3.8, 4) is 5.88 Å². The molecule has 1 aromatic heterocycles. The standard InChI is InChI=1S/C12H16FNO3/c13-11-5-10(7-15)12(14-6-11)17-8-9-1-3-16-4-2-9/h5-6,9,15H,1-4,7-8H2. The second kappa shape index (κ2) is 5.93. The molecule has 1 fully saturated rings. The van der Waals surface area contributed by atoms with E-state index in [4.69, 9.17) is 14.6 Å². The molecule has 0 bridgehead atoms. The van der Waals surface area contributed by atoms with Crippen molar-refractivity contribution in [1.82, 2.24) is 4.98 Å². The van der Waals surface area contributed by atoms with Crippen LogP contribution in [0, 0.1) is 11.7 Å². The Labute approximate surface area is 99.4 Å². The zero-order valence-electron chi connectivity index (χ0n) is 9.56. The van der Waals surface area contributed by atoms with Crippen LogP contribution in [-0.4, -0.2) is 29.9 Å². The number of ether oxygens (including phenoxy) is 2. The van der Waals surface area contributed by atoms with Gasteiger partial charge in [-0.25, -0.2) is 9.37 Å². The topological polar surface area (TPSA) is 51.6 Å². The molecule has 0 atom stereocenters. The van der Waals surface area contributed by atoms with Crippen LogP contribution in [0.25, 0.3) is 0 Å². The van der Waals surface area contributed by atoms with Gasteiger partial charge in [-0.15, -0.1) is 0 Å². The van der Waals surface area contributed by atoms with Crippen molar-refractivity contribution < 1.29 is 19.0 Å². The van der Waals surface area contributed by atoms with E-state index in [1.54, 1.807) is 0 Å². The molecule has 1 saturated heterocycles. The summed E-state index contributed by atoms with van der Waals surface area (Å²) < 4.78 is 23.7. The van der Waals surface area contributed by atoms with Gasteiger partial charge in [0.1, 0.15) is 5.82 Å². The van der Waals surface area contributed by atoms with Crippen LogP contribution < -0.4 is 4.74 Å². The molecule has 0 aliphatic carbocycles. The summed E-state index contributed by atoms with van der Waals surface area (Å²) in [5.74, 6) is 0.301. The third-order valence-corrected chi connectivity index (χ3v) is 2.86. The van der Waals surface area contributed by atoms with Crippen molar-refractivity contribution in [2.75, 3.05) is 19.8 Å². The SMILES string of the molecule is OCc1cc(F)cnc1OCC1CCOCC1. The highest BCUT2D eigenvalue weighted by Crippen LogP contribution is 2.20. The second-order valence-corrected chi connectivity index (χ2v) is 4.14. The average molecular weight is 241 g/mol. The van der Waals surface area contributed by atoms with E-state index in [0.29, 0.717) is 24.0 Å². The fraction of sp³-hybridized carbons (Fsp3) is 0.583. The fourth-order valence-corrected chi connectivity index (χ4v) is 1.82. The summed E-state index contributed by atoms with van der Waals surface area (Å²) in [4.78, 5) is 3.84. The van der Waals surface area contributed by atoms with Crippen LogP contribution >= 0.6 is 0 Å². The predicted octanol–water partition coefficient (Wildman–Crippen LogP) is 1.52. The molecule has 0 unspecified atom stereocenters. The van der Waals surface area contributed by atoms with E-state index in [0.717, 1.165) is 32.3 Å². The summed E-state index contributed by atoms with van der Waals surface area (Å²) in [6, 6.07) is 1.24. The van der Waals surface area contributed by atoms with E-state index in [9.17, 15) is 4.39 Å². The molecule has 0 aromatic carbocycles. The van der Waals surface area contributed by atoms with Crippen molar-refractivity contribution in [1.29, 1.82) is 0 Å². The zero-order chi connectivity index (χ0) is 12.1. The van der Waals surface area contributed by atoms with Crippen LogP contribution in [0.3, 0.4) is 0 Å². The van der Waals surface area contributed by atoms with E-state index in [1.807, 2.05) is 0 Å². The first-order valence-electron chi connectivity index (χ1n) is 5.75. The fourth-order valence-electron chi connectivity index (χ4n) is 1.82. The average Bonchev–Trinajstić information content (AvgIpc) is 2.38. The third-order valence-electron chi connectivity index (χ3n) is 2.86. The normalized spacial score (nSPS) is 17.1. The smallest absolute Gasteiger partial charge is 0.219 e. The van der Waals surface area contributed by atoms with Gasteiger partial charge in [-0.3, -0.25) is 0 Å². The molecular formula is C12H16FNO3. The van der Waals surface area contributed by atoms with Crippen LogP contribution in [-0.2, 0) is 11.3 Å². The summed E-state index contributed by atoms with van der Waals surface area (Å²) in [6.07, 6.45) is 3.03. The Hall–Kier alpha value is -1.20. The van der Waals surface area contributed by atoms with Gasteiger partial charge in [-0.2, -0.15) is 0 Å². The summed E-state index contributed by atoms with van der Waals surface area (Å²) >= 11 is 0. The Bertz CT molecular complexity index is 367. The first kappa shape index (κ1) is 12.3. The molecule has 0 saturated carbocycles. The van der Waals surface area contributed by atoms with E-state index in [-0.39, 0.29) is 6.61 Å². The van der Waals surface area contributed by atoms with E-state index >= 15 is 0 Å². The lowest BCUT2D eigenvalue weighted by Crippen LogP contribution is -2.22. The van der Waals surface area contributed by atoms with Gasteiger partial charge in [-0.1, -0.05) is 0 Å². The lowest BCUT2D eigenvalue weighted by atomic mass is 10.0. The number of nitrogens with zero attached hydrogens (tertiary/aromatic N) is 1. The second-order valence-electron chi connectivity index (χ2n) is 4.14. The Morgan fingerprint density at radius 1 is 1.47 bits per heavy atom. The van der Waals surface area contributed by atoms with Gasteiger partial charge in [0.05, 0.1) is 19.4 Å². The number of aromatic nitrogens is 1. The molecule has 4 nitrogen and oxygen atoms in total. The predicted molar refractivity (Wildman–Crippen MR) is 59.2 cm³/mol. The number of aliphatic hydroxyl groups is 1. The third kappa shape index (κ3) is 3.38. The van der Waals surface area contributed by atoms with Crippen molar-refractivity contribution in [2.45, 2.75) is 19.4 Å².